The third kappa shape index (κ3) is 6.16. The fourth-order valence-corrected chi connectivity index (χ4v) is 8.74. The van der Waals surface area contributed by atoms with Crippen LogP contribution in [0.5, 0.6) is 0 Å². The van der Waals surface area contributed by atoms with E-state index in [9.17, 15) is 4.79 Å². The summed E-state index contributed by atoms with van der Waals surface area (Å²) in [5.41, 5.74) is 4.22. The quantitative estimate of drug-likeness (QED) is 0.298. The Balaban J connectivity index is 1.11. The van der Waals surface area contributed by atoms with Gasteiger partial charge in [-0.05, 0) is 87.3 Å². The Morgan fingerprint density at radius 1 is 0.814 bits per heavy atom. The SMILES string of the molecule is Cc1cc(C)nc(/N=C(/NC(=O)NC23CC4CC(CC(C4)C2)C3)N2CCN(C(c3ccccc3)c3ccccc3)CC2)n1. The zero-order valence-corrected chi connectivity index (χ0v) is 25.4. The van der Waals surface area contributed by atoms with E-state index < -0.39 is 0 Å². The van der Waals surface area contributed by atoms with Gasteiger partial charge in [0, 0.05) is 43.1 Å². The number of urea groups is 1. The summed E-state index contributed by atoms with van der Waals surface area (Å²) in [6.07, 6.45) is 7.36. The van der Waals surface area contributed by atoms with Gasteiger partial charge in [-0.2, -0.15) is 4.99 Å². The van der Waals surface area contributed by atoms with Gasteiger partial charge in [0.05, 0.1) is 6.04 Å². The zero-order chi connectivity index (χ0) is 29.4. The molecule has 4 saturated carbocycles. The largest absolute Gasteiger partial charge is 0.340 e. The number of carbonyl (C=O) groups excluding carboxylic acids is 1. The fraction of sp³-hybridized carbons (Fsp3) is 0.486. The van der Waals surface area contributed by atoms with E-state index in [1.54, 1.807) is 0 Å². The summed E-state index contributed by atoms with van der Waals surface area (Å²) >= 11 is 0. The molecule has 8 nitrogen and oxygen atoms in total. The molecule has 2 heterocycles. The third-order valence-corrected chi connectivity index (χ3v) is 10.0. The van der Waals surface area contributed by atoms with Crippen LogP contribution in [0.15, 0.2) is 71.7 Å². The average molecular weight is 578 g/mol. The van der Waals surface area contributed by atoms with Gasteiger partial charge in [0.2, 0.25) is 5.96 Å². The van der Waals surface area contributed by atoms with E-state index in [4.69, 9.17) is 4.99 Å². The van der Waals surface area contributed by atoms with Crippen LogP contribution < -0.4 is 10.6 Å². The molecule has 3 aromatic rings. The summed E-state index contributed by atoms with van der Waals surface area (Å²) in [6, 6.07) is 23.4. The Hall–Kier alpha value is -3.78. The van der Waals surface area contributed by atoms with Crippen molar-refractivity contribution in [3.8, 4) is 0 Å². The normalized spacial score (nSPS) is 27.0. The van der Waals surface area contributed by atoms with E-state index >= 15 is 0 Å². The number of nitrogens with one attached hydrogen (secondary N) is 2. The maximum Gasteiger partial charge on any atom is 0.321 e. The van der Waals surface area contributed by atoms with E-state index in [0.717, 1.165) is 74.6 Å². The van der Waals surface area contributed by atoms with Gasteiger partial charge in [0.25, 0.3) is 5.95 Å². The van der Waals surface area contributed by atoms with Crippen LogP contribution in [-0.2, 0) is 0 Å². The van der Waals surface area contributed by atoms with Crippen LogP contribution in [0.3, 0.4) is 0 Å². The van der Waals surface area contributed by atoms with Gasteiger partial charge in [0.1, 0.15) is 0 Å². The number of rotatable bonds is 5. The summed E-state index contributed by atoms with van der Waals surface area (Å²) in [5.74, 6) is 3.20. The summed E-state index contributed by atoms with van der Waals surface area (Å²) < 4.78 is 0. The molecule has 2 aromatic carbocycles. The second-order valence-electron chi connectivity index (χ2n) is 13.4. The van der Waals surface area contributed by atoms with Crippen molar-refractivity contribution in [3.63, 3.8) is 0 Å². The van der Waals surface area contributed by atoms with Gasteiger partial charge in [-0.25, -0.2) is 14.8 Å². The van der Waals surface area contributed by atoms with Crippen LogP contribution in [0.25, 0.3) is 0 Å². The number of aryl methyl sites for hydroxylation is 2. The maximum atomic E-state index is 13.7. The highest BCUT2D eigenvalue weighted by molar-refractivity contribution is 5.97. The van der Waals surface area contributed by atoms with Crippen molar-refractivity contribution < 1.29 is 4.79 Å². The highest BCUT2D eigenvalue weighted by Gasteiger charge is 2.51. The second-order valence-corrected chi connectivity index (χ2v) is 13.4. The van der Waals surface area contributed by atoms with Crippen molar-refractivity contribution in [2.75, 3.05) is 26.2 Å². The van der Waals surface area contributed by atoms with Crippen LogP contribution in [-0.4, -0.2) is 63.5 Å². The van der Waals surface area contributed by atoms with Crippen LogP contribution in [0.2, 0.25) is 0 Å². The molecule has 4 bridgehead atoms. The number of hydrogen-bond donors (Lipinski definition) is 2. The second kappa shape index (κ2) is 11.7. The Bertz CT molecular complexity index is 1370. The number of nitrogens with zero attached hydrogens (tertiary/aromatic N) is 5. The molecule has 1 saturated heterocycles. The van der Waals surface area contributed by atoms with E-state index in [-0.39, 0.29) is 17.6 Å². The molecule has 5 aliphatic rings. The monoisotopic (exact) mass is 577 g/mol. The molecule has 43 heavy (non-hydrogen) atoms. The first kappa shape index (κ1) is 28.0. The average Bonchev–Trinajstić information content (AvgIpc) is 2.97. The van der Waals surface area contributed by atoms with Crippen LogP contribution in [0.4, 0.5) is 10.7 Å². The van der Waals surface area contributed by atoms with Gasteiger partial charge in [0.15, 0.2) is 0 Å². The molecular weight excluding hydrogens is 534 g/mol. The van der Waals surface area contributed by atoms with E-state index in [1.807, 2.05) is 19.9 Å². The van der Waals surface area contributed by atoms with Gasteiger partial charge in [-0.15, -0.1) is 0 Å². The van der Waals surface area contributed by atoms with Crippen molar-refractivity contribution >= 4 is 17.9 Å². The molecule has 1 aliphatic heterocycles. The summed E-state index contributed by atoms with van der Waals surface area (Å²) in [5, 5.41) is 6.65. The number of amides is 2. The predicted molar refractivity (Wildman–Crippen MR) is 169 cm³/mol. The summed E-state index contributed by atoms with van der Waals surface area (Å²) in [4.78, 5) is 32.4. The maximum absolute atomic E-state index is 13.7. The van der Waals surface area contributed by atoms with Crippen LogP contribution in [0, 0.1) is 31.6 Å². The molecule has 0 unspecified atom stereocenters. The number of piperazine rings is 1. The van der Waals surface area contributed by atoms with E-state index in [0.29, 0.717) is 11.9 Å². The van der Waals surface area contributed by atoms with E-state index in [1.165, 1.54) is 30.4 Å². The third-order valence-electron chi connectivity index (χ3n) is 10.0. The summed E-state index contributed by atoms with van der Waals surface area (Å²) in [6.45, 7) is 7.03. The number of hydrogen-bond acceptors (Lipinski definition) is 5. The zero-order valence-electron chi connectivity index (χ0n) is 25.4. The molecule has 0 spiro atoms. The van der Waals surface area contributed by atoms with Crippen molar-refractivity contribution in [2.45, 2.75) is 64.0 Å². The van der Waals surface area contributed by atoms with Gasteiger partial charge >= 0.3 is 6.03 Å². The Morgan fingerprint density at radius 3 is 1.84 bits per heavy atom. The molecule has 4 aliphatic carbocycles. The molecule has 8 rings (SSSR count). The Kier molecular flexibility index (Phi) is 7.63. The fourth-order valence-electron chi connectivity index (χ4n) is 8.74. The first-order valence-corrected chi connectivity index (χ1v) is 16.0. The van der Waals surface area contributed by atoms with Gasteiger partial charge in [-0.3, -0.25) is 10.2 Å². The first-order valence-electron chi connectivity index (χ1n) is 16.0. The topological polar surface area (TPSA) is 85.7 Å². The first-order chi connectivity index (χ1) is 20.9. The lowest BCUT2D eigenvalue weighted by Gasteiger charge is -2.56. The molecule has 1 aromatic heterocycles. The minimum absolute atomic E-state index is 0.0718. The van der Waals surface area contributed by atoms with Crippen molar-refractivity contribution in [1.82, 2.24) is 30.4 Å². The smallest absolute Gasteiger partial charge is 0.321 e. The summed E-state index contributed by atoms with van der Waals surface area (Å²) in [7, 11) is 0. The number of benzene rings is 2. The minimum atomic E-state index is -0.154. The molecule has 8 heteroatoms. The molecule has 5 fully saturated rings. The molecular formula is C35H43N7O. The Labute approximate surface area is 255 Å². The lowest BCUT2D eigenvalue weighted by atomic mass is 9.53. The Morgan fingerprint density at radius 2 is 1.33 bits per heavy atom. The number of aromatic nitrogens is 2. The lowest BCUT2D eigenvalue weighted by molar-refractivity contribution is -0.0133. The van der Waals surface area contributed by atoms with Crippen LogP contribution >= 0.6 is 0 Å². The molecule has 224 valence electrons. The van der Waals surface area contributed by atoms with Crippen molar-refractivity contribution in [3.05, 3.63) is 89.2 Å². The number of carbonyl (C=O) groups is 1. The minimum Gasteiger partial charge on any atom is -0.340 e. The highest BCUT2D eigenvalue weighted by atomic mass is 16.2. The molecule has 0 atom stereocenters. The van der Waals surface area contributed by atoms with E-state index in [2.05, 4.69) is 91.1 Å². The molecule has 0 radical (unpaired) electrons. The standard InChI is InChI=1S/C35H43N7O/c1-24-17-25(2)37-32(36-24)38-33(39-34(43)40-35-21-26-18-27(22-35)20-28(19-26)23-35)42-15-13-41(14-16-42)31(29-9-5-3-6-10-29)30-11-7-4-8-12-30/h3-12,17,26-28,31H,13-16,18-23H2,1-2H3,(H2,36,37,38,39,40,43). The van der Waals surface area contributed by atoms with Gasteiger partial charge in [-0.1, -0.05) is 60.7 Å². The van der Waals surface area contributed by atoms with Crippen LogP contribution in [0.1, 0.15) is 67.1 Å². The predicted octanol–water partition coefficient (Wildman–Crippen LogP) is 5.76. The molecule has 2 amide bonds. The number of aliphatic imine (C=N–C) groups is 1. The highest BCUT2D eigenvalue weighted by Crippen LogP contribution is 2.55. The van der Waals surface area contributed by atoms with Crippen molar-refractivity contribution in [1.29, 1.82) is 0 Å². The lowest BCUT2D eigenvalue weighted by Crippen LogP contribution is -2.63. The van der Waals surface area contributed by atoms with Gasteiger partial charge < -0.3 is 10.2 Å². The molecule has 2 N–H and O–H groups in total. The van der Waals surface area contributed by atoms with Crippen molar-refractivity contribution in [2.24, 2.45) is 22.7 Å². The number of guanidine groups is 1.